The Bertz CT molecular complexity index is 458. The molecular formula is C10H12N2O5. The summed E-state index contributed by atoms with van der Waals surface area (Å²) in [6.07, 6.45) is 0. The molecule has 17 heavy (non-hydrogen) atoms. The molecule has 2 N–H and O–H groups in total. The fourth-order valence-electron chi connectivity index (χ4n) is 1.36. The summed E-state index contributed by atoms with van der Waals surface area (Å²) < 4.78 is 9.71. The van der Waals surface area contributed by atoms with E-state index in [4.69, 9.17) is 15.2 Å². The average Bonchev–Trinajstić information content (AvgIpc) is 2.25. The second-order valence-electron chi connectivity index (χ2n) is 3.22. The average molecular weight is 240 g/mol. The Kier molecular flexibility index (Phi) is 3.86. The van der Waals surface area contributed by atoms with E-state index < -0.39 is 10.9 Å². The second kappa shape index (κ2) is 5.15. The van der Waals surface area contributed by atoms with Crippen LogP contribution in [0.15, 0.2) is 12.1 Å². The van der Waals surface area contributed by atoms with Gasteiger partial charge in [0, 0.05) is 6.92 Å². The van der Waals surface area contributed by atoms with Crippen molar-refractivity contribution >= 4 is 17.3 Å². The summed E-state index contributed by atoms with van der Waals surface area (Å²) in [5.41, 5.74) is 5.36. The number of methoxy groups -OCH3 is 1. The zero-order chi connectivity index (χ0) is 13.0. The number of nitro benzene ring substituents is 1. The van der Waals surface area contributed by atoms with E-state index in [1.54, 1.807) is 0 Å². The Morgan fingerprint density at radius 1 is 1.53 bits per heavy atom. The Hall–Kier alpha value is -2.31. The van der Waals surface area contributed by atoms with E-state index in [-0.39, 0.29) is 29.3 Å². The number of ether oxygens (including phenoxy) is 2. The van der Waals surface area contributed by atoms with E-state index in [0.29, 0.717) is 0 Å². The fourth-order valence-corrected chi connectivity index (χ4v) is 1.36. The van der Waals surface area contributed by atoms with E-state index in [1.807, 2.05) is 0 Å². The second-order valence-corrected chi connectivity index (χ2v) is 3.22. The molecule has 7 heteroatoms. The van der Waals surface area contributed by atoms with E-state index in [2.05, 4.69) is 0 Å². The molecule has 7 nitrogen and oxygen atoms in total. The minimum absolute atomic E-state index is 0.00190. The minimum atomic E-state index is -0.628. The van der Waals surface area contributed by atoms with Crippen LogP contribution in [0.5, 0.6) is 5.75 Å². The topological polar surface area (TPSA) is 105 Å². The van der Waals surface area contributed by atoms with Gasteiger partial charge in [0.1, 0.15) is 23.6 Å². The molecule has 0 atom stereocenters. The maximum absolute atomic E-state index is 10.9. The molecule has 0 aliphatic carbocycles. The monoisotopic (exact) mass is 240 g/mol. The van der Waals surface area contributed by atoms with Gasteiger partial charge in [-0.3, -0.25) is 14.9 Å². The van der Waals surface area contributed by atoms with Crippen molar-refractivity contribution in [2.24, 2.45) is 0 Å². The summed E-state index contributed by atoms with van der Waals surface area (Å²) in [4.78, 5) is 21.0. The number of rotatable bonds is 4. The van der Waals surface area contributed by atoms with Gasteiger partial charge in [-0.1, -0.05) is 0 Å². The number of esters is 1. The third kappa shape index (κ3) is 2.83. The van der Waals surface area contributed by atoms with Gasteiger partial charge >= 0.3 is 11.7 Å². The molecule has 1 aromatic carbocycles. The highest BCUT2D eigenvalue weighted by Crippen LogP contribution is 2.34. The van der Waals surface area contributed by atoms with Gasteiger partial charge in [0.2, 0.25) is 0 Å². The van der Waals surface area contributed by atoms with Crippen molar-refractivity contribution in [3.05, 3.63) is 27.8 Å². The van der Waals surface area contributed by atoms with Gasteiger partial charge in [-0.15, -0.1) is 0 Å². The van der Waals surface area contributed by atoms with Gasteiger partial charge in [-0.05, 0) is 12.1 Å². The number of nitro groups is 1. The number of anilines is 1. The molecule has 1 aromatic rings. The third-order valence-corrected chi connectivity index (χ3v) is 2.09. The molecule has 0 fully saturated rings. The first-order valence-electron chi connectivity index (χ1n) is 4.70. The summed E-state index contributed by atoms with van der Waals surface area (Å²) in [5.74, 6) is -0.282. The Morgan fingerprint density at radius 2 is 2.18 bits per heavy atom. The van der Waals surface area contributed by atoms with Gasteiger partial charge in [0.25, 0.3) is 0 Å². The number of nitrogen functional groups attached to an aromatic ring is 1. The number of nitrogens with two attached hydrogens (primary N) is 1. The first-order valence-corrected chi connectivity index (χ1v) is 4.70. The lowest BCUT2D eigenvalue weighted by atomic mass is 10.1. The number of benzene rings is 1. The van der Waals surface area contributed by atoms with Crippen LogP contribution in [-0.4, -0.2) is 18.0 Å². The first-order chi connectivity index (χ1) is 7.97. The van der Waals surface area contributed by atoms with Crippen LogP contribution in [0.1, 0.15) is 12.5 Å². The van der Waals surface area contributed by atoms with Crippen molar-refractivity contribution in [1.82, 2.24) is 0 Å². The normalized spacial score (nSPS) is 9.76. The van der Waals surface area contributed by atoms with Crippen LogP contribution in [0, 0.1) is 10.1 Å². The van der Waals surface area contributed by atoms with E-state index >= 15 is 0 Å². The predicted molar refractivity (Wildman–Crippen MR) is 59.5 cm³/mol. The first kappa shape index (κ1) is 12.8. The van der Waals surface area contributed by atoms with Crippen LogP contribution < -0.4 is 10.5 Å². The number of hydrogen-bond donors (Lipinski definition) is 1. The van der Waals surface area contributed by atoms with Crippen molar-refractivity contribution in [3.8, 4) is 5.75 Å². The summed E-state index contributed by atoms with van der Waals surface area (Å²) >= 11 is 0. The molecule has 0 saturated carbocycles. The van der Waals surface area contributed by atoms with Crippen molar-refractivity contribution in [2.75, 3.05) is 12.8 Å². The Labute approximate surface area is 97.3 Å². The highest BCUT2D eigenvalue weighted by Gasteiger charge is 2.23. The SMILES string of the molecule is COc1ccc(N)c([N+](=O)[O-])c1COC(C)=O. The summed E-state index contributed by atoms with van der Waals surface area (Å²) in [5, 5.41) is 10.9. The lowest BCUT2D eigenvalue weighted by Crippen LogP contribution is -2.06. The van der Waals surface area contributed by atoms with Gasteiger partial charge in [0.05, 0.1) is 12.0 Å². The summed E-state index contributed by atoms with van der Waals surface area (Å²) in [7, 11) is 1.37. The molecule has 92 valence electrons. The maximum atomic E-state index is 10.9. The summed E-state index contributed by atoms with van der Waals surface area (Å²) in [6, 6.07) is 2.86. The number of hydrogen-bond acceptors (Lipinski definition) is 6. The molecule has 0 amide bonds. The van der Waals surface area contributed by atoms with Crippen LogP contribution in [0.2, 0.25) is 0 Å². The largest absolute Gasteiger partial charge is 0.496 e. The molecular weight excluding hydrogens is 228 g/mol. The van der Waals surface area contributed by atoms with Crippen molar-refractivity contribution in [2.45, 2.75) is 13.5 Å². The zero-order valence-electron chi connectivity index (χ0n) is 9.43. The standard InChI is InChI=1S/C10H12N2O5/c1-6(13)17-5-7-9(16-2)4-3-8(11)10(7)12(14)15/h3-4H,5,11H2,1-2H3. The van der Waals surface area contributed by atoms with Crippen LogP contribution >= 0.6 is 0 Å². The Morgan fingerprint density at radius 3 is 2.65 bits per heavy atom. The van der Waals surface area contributed by atoms with Crippen LogP contribution in [0.25, 0.3) is 0 Å². The lowest BCUT2D eigenvalue weighted by Gasteiger charge is -2.10. The number of carbonyl (C=O) groups is 1. The molecule has 0 heterocycles. The van der Waals surface area contributed by atoms with Gasteiger partial charge in [-0.25, -0.2) is 0 Å². The molecule has 1 rings (SSSR count). The van der Waals surface area contributed by atoms with E-state index in [9.17, 15) is 14.9 Å². The van der Waals surface area contributed by atoms with Crippen LogP contribution in [0.3, 0.4) is 0 Å². The molecule has 0 spiro atoms. The lowest BCUT2D eigenvalue weighted by molar-refractivity contribution is -0.385. The van der Waals surface area contributed by atoms with Crippen molar-refractivity contribution in [3.63, 3.8) is 0 Å². The fraction of sp³-hybridized carbons (Fsp3) is 0.300. The van der Waals surface area contributed by atoms with Crippen molar-refractivity contribution in [1.29, 1.82) is 0 Å². The molecule has 0 saturated heterocycles. The van der Waals surface area contributed by atoms with Gasteiger partial charge in [-0.2, -0.15) is 0 Å². The van der Waals surface area contributed by atoms with Gasteiger partial charge in [0.15, 0.2) is 0 Å². The molecule has 0 aliphatic rings. The quantitative estimate of drug-likeness (QED) is 0.367. The zero-order valence-corrected chi connectivity index (χ0v) is 9.43. The van der Waals surface area contributed by atoms with Crippen molar-refractivity contribution < 1.29 is 19.2 Å². The third-order valence-electron chi connectivity index (χ3n) is 2.09. The highest BCUT2D eigenvalue weighted by atomic mass is 16.6. The molecule has 0 radical (unpaired) electrons. The predicted octanol–water partition coefficient (Wildman–Crippen LogP) is 1.25. The van der Waals surface area contributed by atoms with Crippen LogP contribution in [0.4, 0.5) is 11.4 Å². The highest BCUT2D eigenvalue weighted by molar-refractivity contribution is 5.69. The number of nitrogens with zero attached hydrogens (tertiary/aromatic N) is 1. The minimum Gasteiger partial charge on any atom is -0.496 e. The maximum Gasteiger partial charge on any atom is 0.302 e. The van der Waals surface area contributed by atoms with Crippen LogP contribution in [-0.2, 0) is 16.1 Å². The van der Waals surface area contributed by atoms with Gasteiger partial charge < -0.3 is 15.2 Å². The summed E-state index contributed by atoms with van der Waals surface area (Å²) in [6.45, 7) is 0.963. The smallest absolute Gasteiger partial charge is 0.302 e. The Balaban J connectivity index is 3.24. The molecule has 0 aromatic heterocycles. The molecule has 0 aliphatic heterocycles. The molecule has 0 bridgehead atoms. The number of carbonyl (C=O) groups excluding carboxylic acids is 1. The van der Waals surface area contributed by atoms with E-state index in [0.717, 1.165) is 0 Å². The molecule has 0 unspecified atom stereocenters. The van der Waals surface area contributed by atoms with E-state index in [1.165, 1.54) is 26.2 Å².